The first kappa shape index (κ1) is 14.0. The van der Waals surface area contributed by atoms with E-state index in [9.17, 15) is 0 Å². The Labute approximate surface area is 116 Å². The van der Waals surface area contributed by atoms with Crippen molar-refractivity contribution in [1.82, 2.24) is 10.2 Å². The zero-order valence-electron chi connectivity index (χ0n) is 12.2. The van der Waals surface area contributed by atoms with E-state index >= 15 is 0 Å². The second kappa shape index (κ2) is 6.69. The highest BCUT2D eigenvalue weighted by Gasteiger charge is 2.05. The van der Waals surface area contributed by atoms with E-state index in [1.54, 1.807) is 0 Å². The van der Waals surface area contributed by atoms with Gasteiger partial charge in [-0.3, -0.25) is 0 Å². The Hall–Kier alpha value is -1.38. The quantitative estimate of drug-likeness (QED) is 0.851. The predicted molar refractivity (Wildman–Crippen MR) is 83.5 cm³/mol. The van der Waals surface area contributed by atoms with Gasteiger partial charge >= 0.3 is 0 Å². The molecule has 19 heavy (non-hydrogen) atoms. The monoisotopic (exact) mass is 256 g/mol. The van der Waals surface area contributed by atoms with Gasteiger partial charge in [0.05, 0.1) is 0 Å². The summed E-state index contributed by atoms with van der Waals surface area (Å²) in [7, 11) is 2.16. The SMILES string of the molecule is CCN(C)CCNC(C)c1ccc2ccccc2c1. The Kier molecular flexibility index (Phi) is 4.94. The van der Waals surface area contributed by atoms with Crippen molar-refractivity contribution >= 4 is 10.8 Å². The molecule has 0 radical (unpaired) electrons. The third kappa shape index (κ3) is 3.79. The van der Waals surface area contributed by atoms with Gasteiger partial charge in [-0.05, 0) is 42.9 Å². The van der Waals surface area contributed by atoms with E-state index in [0.29, 0.717) is 6.04 Å². The molecule has 0 amide bonds. The minimum absolute atomic E-state index is 0.398. The molecule has 0 saturated carbocycles. The minimum Gasteiger partial charge on any atom is -0.309 e. The lowest BCUT2D eigenvalue weighted by atomic mass is 10.0. The molecular formula is C17H24N2. The normalized spacial score (nSPS) is 13.1. The van der Waals surface area contributed by atoms with Crippen LogP contribution < -0.4 is 5.32 Å². The molecule has 2 nitrogen and oxygen atoms in total. The zero-order chi connectivity index (χ0) is 13.7. The van der Waals surface area contributed by atoms with E-state index in [0.717, 1.165) is 19.6 Å². The van der Waals surface area contributed by atoms with Gasteiger partial charge in [0.1, 0.15) is 0 Å². The molecular weight excluding hydrogens is 232 g/mol. The molecule has 0 saturated heterocycles. The van der Waals surface area contributed by atoms with Crippen molar-refractivity contribution in [1.29, 1.82) is 0 Å². The van der Waals surface area contributed by atoms with Crippen LogP contribution in [0.2, 0.25) is 0 Å². The lowest BCUT2D eigenvalue weighted by Gasteiger charge is -2.18. The van der Waals surface area contributed by atoms with E-state index in [4.69, 9.17) is 0 Å². The van der Waals surface area contributed by atoms with Crippen LogP contribution in [0.3, 0.4) is 0 Å². The van der Waals surface area contributed by atoms with Crippen molar-refractivity contribution in [3.63, 3.8) is 0 Å². The molecule has 2 heteroatoms. The first-order chi connectivity index (χ1) is 9.20. The van der Waals surface area contributed by atoms with Crippen LogP contribution >= 0.6 is 0 Å². The molecule has 1 unspecified atom stereocenters. The lowest BCUT2D eigenvalue weighted by Crippen LogP contribution is -2.30. The molecule has 2 rings (SSSR count). The van der Waals surface area contributed by atoms with Gasteiger partial charge in [0, 0.05) is 19.1 Å². The standard InChI is InChI=1S/C17H24N2/c1-4-19(3)12-11-18-14(2)16-10-9-15-7-5-6-8-17(15)13-16/h5-10,13-14,18H,4,11-12H2,1-3H3. The number of hydrogen-bond donors (Lipinski definition) is 1. The smallest absolute Gasteiger partial charge is 0.0292 e. The van der Waals surface area contributed by atoms with Crippen LogP contribution in [-0.4, -0.2) is 31.6 Å². The number of hydrogen-bond acceptors (Lipinski definition) is 2. The Balaban J connectivity index is 1.99. The van der Waals surface area contributed by atoms with Gasteiger partial charge in [-0.25, -0.2) is 0 Å². The van der Waals surface area contributed by atoms with Crippen molar-refractivity contribution in [3.05, 3.63) is 48.0 Å². The minimum atomic E-state index is 0.398. The van der Waals surface area contributed by atoms with E-state index in [1.165, 1.54) is 16.3 Å². The maximum absolute atomic E-state index is 3.59. The van der Waals surface area contributed by atoms with Crippen molar-refractivity contribution in [2.45, 2.75) is 19.9 Å². The molecule has 2 aromatic rings. The summed E-state index contributed by atoms with van der Waals surface area (Å²) in [6.07, 6.45) is 0. The molecule has 0 aliphatic carbocycles. The summed E-state index contributed by atoms with van der Waals surface area (Å²) >= 11 is 0. The first-order valence-corrected chi connectivity index (χ1v) is 7.11. The summed E-state index contributed by atoms with van der Waals surface area (Å²) in [5.41, 5.74) is 1.36. The average molecular weight is 256 g/mol. The van der Waals surface area contributed by atoms with Crippen LogP contribution in [0.25, 0.3) is 10.8 Å². The molecule has 0 fully saturated rings. The highest BCUT2D eigenvalue weighted by Crippen LogP contribution is 2.19. The highest BCUT2D eigenvalue weighted by molar-refractivity contribution is 5.83. The molecule has 1 atom stereocenters. The van der Waals surface area contributed by atoms with E-state index in [1.807, 2.05) is 0 Å². The van der Waals surface area contributed by atoms with Crippen molar-refractivity contribution in [2.24, 2.45) is 0 Å². The van der Waals surface area contributed by atoms with Crippen LogP contribution in [0.5, 0.6) is 0 Å². The maximum atomic E-state index is 3.59. The summed E-state index contributed by atoms with van der Waals surface area (Å²) in [5, 5.41) is 6.22. The number of likely N-dealkylation sites (N-methyl/N-ethyl adjacent to an activating group) is 1. The number of nitrogens with zero attached hydrogens (tertiary/aromatic N) is 1. The maximum Gasteiger partial charge on any atom is 0.0292 e. The molecule has 1 N–H and O–H groups in total. The summed E-state index contributed by atoms with van der Waals surface area (Å²) < 4.78 is 0. The second-order valence-electron chi connectivity index (χ2n) is 5.18. The predicted octanol–water partition coefficient (Wildman–Crippen LogP) is 3.44. The van der Waals surface area contributed by atoms with Gasteiger partial charge in [-0.2, -0.15) is 0 Å². The van der Waals surface area contributed by atoms with Crippen LogP contribution in [0.4, 0.5) is 0 Å². The Morgan fingerprint density at radius 3 is 2.58 bits per heavy atom. The zero-order valence-corrected chi connectivity index (χ0v) is 12.2. The fourth-order valence-electron chi connectivity index (χ4n) is 2.23. The molecule has 0 bridgehead atoms. The molecule has 0 spiro atoms. The highest BCUT2D eigenvalue weighted by atomic mass is 15.1. The van der Waals surface area contributed by atoms with Gasteiger partial charge < -0.3 is 10.2 Å². The Bertz CT molecular complexity index is 521. The van der Waals surface area contributed by atoms with Crippen molar-refractivity contribution in [3.8, 4) is 0 Å². The lowest BCUT2D eigenvalue weighted by molar-refractivity contribution is 0.342. The third-order valence-electron chi connectivity index (χ3n) is 3.76. The van der Waals surface area contributed by atoms with Crippen molar-refractivity contribution < 1.29 is 0 Å². The molecule has 0 aliphatic heterocycles. The van der Waals surface area contributed by atoms with E-state index in [-0.39, 0.29) is 0 Å². The molecule has 0 heterocycles. The first-order valence-electron chi connectivity index (χ1n) is 7.11. The summed E-state index contributed by atoms with van der Waals surface area (Å²) in [5.74, 6) is 0. The second-order valence-corrected chi connectivity index (χ2v) is 5.18. The summed E-state index contributed by atoms with van der Waals surface area (Å²) in [6.45, 7) is 7.64. The third-order valence-corrected chi connectivity index (χ3v) is 3.76. The summed E-state index contributed by atoms with van der Waals surface area (Å²) in [4.78, 5) is 2.32. The van der Waals surface area contributed by atoms with Crippen LogP contribution in [0.1, 0.15) is 25.5 Å². The van der Waals surface area contributed by atoms with Gasteiger partial charge in [0.2, 0.25) is 0 Å². The van der Waals surface area contributed by atoms with Crippen LogP contribution in [0, 0.1) is 0 Å². The van der Waals surface area contributed by atoms with Gasteiger partial charge in [0.15, 0.2) is 0 Å². The number of rotatable bonds is 6. The van der Waals surface area contributed by atoms with Crippen LogP contribution in [0.15, 0.2) is 42.5 Å². The van der Waals surface area contributed by atoms with Gasteiger partial charge in [0.25, 0.3) is 0 Å². The number of nitrogens with one attached hydrogen (secondary N) is 1. The Morgan fingerprint density at radius 1 is 1.11 bits per heavy atom. The Morgan fingerprint density at radius 2 is 1.84 bits per heavy atom. The van der Waals surface area contributed by atoms with Crippen molar-refractivity contribution in [2.75, 3.05) is 26.7 Å². The van der Waals surface area contributed by atoms with E-state index in [2.05, 4.69) is 73.6 Å². The fraction of sp³-hybridized carbons (Fsp3) is 0.412. The topological polar surface area (TPSA) is 15.3 Å². The number of fused-ring (bicyclic) bond motifs is 1. The molecule has 102 valence electrons. The van der Waals surface area contributed by atoms with Crippen LogP contribution in [-0.2, 0) is 0 Å². The van der Waals surface area contributed by atoms with E-state index < -0.39 is 0 Å². The molecule has 2 aromatic carbocycles. The molecule has 0 aromatic heterocycles. The molecule has 0 aliphatic rings. The average Bonchev–Trinajstić information content (AvgIpc) is 2.46. The number of benzene rings is 2. The van der Waals surface area contributed by atoms with Gasteiger partial charge in [-0.1, -0.05) is 43.3 Å². The summed E-state index contributed by atoms with van der Waals surface area (Å²) in [6, 6.07) is 15.6. The fourth-order valence-corrected chi connectivity index (χ4v) is 2.23. The largest absolute Gasteiger partial charge is 0.309 e. The van der Waals surface area contributed by atoms with Gasteiger partial charge in [-0.15, -0.1) is 0 Å².